The zero-order valence-electron chi connectivity index (χ0n) is 24.6. The Morgan fingerprint density at radius 1 is 0.853 bits per heavy atom. The van der Waals surface area contributed by atoms with Gasteiger partial charge in [0.2, 0.25) is 0 Å². The maximum atomic E-state index is 10.0. The highest BCUT2D eigenvalue weighted by Gasteiger charge is 2.62. The Bertz CT molecular complexity index is 686. The van der Waals surface area contributed by atoms with Crippen LogP contribution in [-0.4, -0.2) is 0 Å². The molecule has 0 aromatic carbocycles. The summed E-state index contributed by atoms with van der Waals surface area (Å²) in [5, 5.41) is 19.9. The smallest absolute Gasteiger partial charge is 0.0656 e. The monoisotopic (exact) mass is 470 g/mol. The fourth-order valence-corrected chi connectivity index (χ4v) is 8.03. The van der Waals surface area contributed by atoms with Crippen molar-refractivity contribution in [1.29, 1.82) is 10.5 Å². The fraction of sp³-hybridized carbons (Fsp3) is 0.938. The number of nitrogens with zero attached hydrogens (tertiary/aromatic N) is 2. The molecule has 34 heavy (non-hydrogen) atoms. The number of fused-ring (bicyclic) bond motifs is 1. The lowest BCUT2D eigenvalue weighted by atomic mass is 9.37. The molecule has 0 amide bonds. The van der Waals surface area contributed by atoms with Gasteiger partial charge in [0.05, 0.1) is 12.1 Å². The number of nitriles is 2. The standard InChI is InChI=1S/C30H52N2.C2H6/c1-9-22(3)27(10-2)19-26(21-32)18-25(20-31)14-17-29(7)24(5)13-16-28(6)23(4)12-11-15-30(28,29)8;1-2/h22-27H,9-19H2,1-8H3;1-2H3/t22?,23?,24?,25-,26?,27?,28?,29?,30?;/m0./s1. The summed E-state index contributed by atoms with van der Waals surface area (Å²) in [6.07, 6.45) is 12.8. The lowest BCUT2D eigenvalue weighted by molar-refractivity contribution is -0.183. The van der Waals surface area contributed by atoms with Gasteiger partial charge in [-0.1, -0.05) is 94.9 Å². The minimum Gasteiger partial charge on any atom is -0.198 e. The summed E-state index contributed by atoms with van der Waals surface area (Å²) >= 11 is 0. The average Bonchev–Trinajstić information content (AvgIpc) is 2.85. The second-order valence-electron chi connectivity index (χ2n) is 12.6. The molecular weight excluding hydrogens is 412 g/mol. The molecule has 0 aromatic heterocycles. The number of rotatable bonds is 10. The largest absolute Gasteiger partial charge is 0.198 e. The lowest BCUT2D eigenvalue weighted by Gasteiger charge is -2.67. The Balaban J connectivity index is 0.00000281. The van der Waals surface area contributed by atoms with Crippen molar-refractivity contribution < 1.29 is 0 Å². The maximum Gasteiger partial charge on any atom is 0.0656 e. The summed E-state index contributed by atoms with van der Waals surface area (Å²) in [6.45, 7) is 23.5. The van der Waals surface area contributed by atoms with Gasteiger partial charge < -0.3 is 0 Å². The van der Waals surface area contributed by atoms with Gasteiger partial charge in [0.1, 0.15) is 0 Å². The third-order valence-corrected chi connectivity index (χ3v) is 11.6. The van der Waals surface area contributed by atoms with Crippen LogP contribution in [0.5, 0.6) is 0 Å². The zero-order valence-corrected chi connectivity index (χ0v) is 24.6. The lowest BCUT2D eigenvalue weighted by Crippen LogP contribution is -2.59. The van der Waals surface area contributed by atoms with E-state index < -0.39 is 0 Å². The Morgan fingerprint density at radius 3 is 2.00 bits per heavy atom. The van der Waals surface area contributed by atoms with Crippen molar-refractivity contribution in [2.45, 2.75) is 140 Å². The summed E-state index contributed by atoms with van der Waals surface area (Å²) in [7, 11) is 0. The molecule has 9 atom stereocenters. The second-order valence-corrected chi connectivity index (χ2v) is 12.6. The summed E-state index contributed by atoms with van der Waals surface area (Å²) in [5.74, 6) is 2.77. The number of hydrogen-bond acceptors (Lipinski definition) is 2. The molecule has 0 saturated heterocycles. The van der Waals surface area contributed by atoms with Gasteiger partial charge in [0.25, 0.3) is 0 Å². The van der Waals surface area contributed by atoms with E-state index in [9.17, 15) is 10.5 Å². The molecule has 0 heterocycles. The van der Waals surface area contributed by atoms with E-state index in [0.29, 0.717) is 28.6 Å². The van der Waals surface area contributed by atoms with Crippen LogP contribution in [0.2, 0.25) is 0 Å². The highest BCUT2D eigenvalue weighted by molar-refractivity contribution is 5.11. The van der Waals surface area contributed by atoms with Crippen molar-refractivity contribution in [3.63, 3.8) is 0 Å². The Hall–Kier alpha value is -1.02. The fourth-order valence-electron chi connectivity index (χ4n) is 8.03. The predicted molar refractivity (Wildman–Crippen MR) is 147 cm³/mol. The molecular formula is C32H58N2. The van der Waals surface area contributed by atoms with Crippen LogP contribution in [0.1, 0.15) is 140 Å². The Morgan fingerprint density at radius 2 is 1.47 bits per heavy atom. The second kappa shape index (κ2) is 13.3. The third kappa shape index (κ3) is 6.03. The van der Waals surface area contributed by atoms with Crippen molar-refractivity contribution in [1.82, 2.24) is 0 Å². The SMILES string of the molecule is CC.CCC(C)C(CC)CC(C#N)C[C@@H](C#N)CCC1(C)C(C)CCC2(C)C(C)CCCC21C. The molecule has 2 nitrogen and oxygen atoms in total. The van der Waals surface area contributed by atoms with E-state index in [4.69, 9.17) is 0 Å². The topological polar surface area (TPSA) is 47.6 Å². The molecule has 2 saturated carbocycles. The van der Waals surface area contributed by atoms with Crippen molar-refractivity contribution in [2.75, 3.05) is 0 Å². The molecule has 2 fully saturated rings. The summed E-state index contributed by atoms with van der Waals surface area (Å²) < 4.78 is 0. The first kappa shape index (κ1) is 31.0. The minimum atomic E-state index is 0.0101. The molecule has 2 aliphatic carbocycles. The van der Waals surface area contributed by atoms with E-state index in [0.717, 1.165) is 38.0 Å². The highest BCUT2D eigenvalue weighted by atomic mass is 14.7. The summed E-state index contributed by atoms with van der Waals surface area (Å²) in [4.78, 5) is 0. The first-order valence-corrected chi connectivity index (χ1v) is 14.8. The average molecular weight is 471 g/mol. The van der Waals surface area contributed by atoms with Crippen LogP contribution in [-0.2, 0) is 0 Å². The summed E-state index contributed by atoms with van der Waals surface area (Å²) in [5.41, 5.74) is 1.02. The molecule has 2 heteroatoms. The molecule has 0 bridgehead atoms. The minimum absolute atomic E-state index is 0.0101. The molecule has 0 aliphatic heterocycles. The molecule has 0 spiro atoms. The van der Waals surface area contributed by atoms with Crippen LogP contribution < -0.4 is 0 Å². The van der Waals surface area contributed by atoms with Crippen molar-refractivity contribution in [3.05, 3.63) is 0 Å². The van der Waals surface area contributed by atoms with Crippen molar-refractivity contribution in [3.8, 4) is 12.1 Å². The van der Waals surface area contributed by atoms with E-state index in [-0.39, 0.29) is 17.3 Å². The third-order valence-electron chi connectivity index (χ3n) is 11.6. The first-order chi connectivity index (χ1) is 16.0. The molecule has 2 aliphatic rings. The quantitative estimate of drug-likeness (QED) is 0.319. The van der Waals surface area contributed by atoms with Gasteiger partial charge in [-0.3, -0.25) is 0 Å². The van der Waals surface area contributed by atoms with Crippen LogP contribution in [0.15, 0.2) is 0 Å². The van der Waals surface area contributed by atoms with Gasteiger partial charge in [-0.15, -0.1) is 0 Å². The van der Waals surface area contributed by atoms with E-state index in [1.54, 1.807) is 0 Å². The number of hydrogen-bond donors (Lipinski definition) is 0. The Kier molecular flexibility index (Phi) is 12.2. The van der Waals surface area contributed by atoms with Crippen LogP contribution in [0.3, 0.4) is 0 Å². The first-order valence-electron chi connectivity index (χ1n) is 14.8. The van der Waals surface area contributed by atoms with Crippen molar-refractivity contribution >= 4 is 0 Å². The normalized spacial score (nSPS) is 36.5. The van der Waals surface area contributed by atoms with Gasteiger partial charge in [-0.05, 0) is 84.9 Å². The van der Waals surface area contributed by atoms with E-state index in [1.165, 1.54) is 38.5 Å². The van der Waals surface area contributed by atoms with Gasteiger partial charge >= 0.3 is 0 Å². The zero-order chi connectivity index (χ0) is 26.2. The molecule has 2 rings (SSSR count). The van der Waals surface area contributed by atoms with Gasteiger partial charge in [-0.25, -0.2) is 0 Å². The van der Waals surface area contributed by atoms with Crippen LogP contribution in [0, 0.1) is 74.4 Å². The predicted octanol–water partition coefficient (Wildman–Crippen LogP) is 10.2. The van der Waals surface area contributed by atoms with Gasteiger partial charge in [0, 0.05) is 11.8 Å². The maximum absolute atomic E-state index is 10.0. The molecule has 8 unspecified atom stereocenters. The van der Waals surface area contributed by atoms with E-state index >= 15 is 0 Å². The van der Waals surface area contributed by atoms with Crippen LogP contribution in [0.4, 0.5) is 0 Å². The van der Waals surface area contributed by atoms with Gasteiger partial charge in [0.15, 0.2) is 0 Å². The van der Waals surface area contributed by atoms with Crippen LogP contribution >= 0.6 is 0 Å². The molecule has 0 aromatic rings. The molecule has 0 radical (unpaired) electrons. The van der Waals surface area contributed by atoms with Gasteiger partial charge in [-0.2, -0.15) is 10.5 Å². The summed E-state index contributed by atoms with van der Waals surface area (Å²) in [6, 6.07) is 5.21. The molecule has 0 N–H and O–H groups in total. The van der Waals surface area contributed by atoms with Crippen LogP contribution in [0.25, 0.3) is 0 Å². The van der Waals surface area contributed by atoms with E-state index in [1.807, 2.05) is 13.8 Å². The highest BCUT2D eigenvalue weighted by Crippen LogP contribution is 2.70. The molecule has 196 valence electrons. The van der Waals surface area contributed by atoms with E-state index in [2.05, 4.69) is 67.5 Å². The van der Waals surface area contributed by atoms with Crippen molar-refractivity contribution in [2.24, 2.45) is 51.8 Å². The Labute approximate surface area is 214 Å².